The Morgan fingerprint density at radius 2 is 1.65 bits per heavy atom. The molecule has 2 N–H and O–H groups in total. The number of hydrogen-bond acceptors (Lipinski definition) is 5. The number of benzene rings is 3. The number of hydrogen-bond donors (Lipinski definition) is 2. The molecular formula is C21H15F2N3O5. The van der Waals surface area contributed by atoms with Crippen LogP contribution in [0.25, 0.3) is 0 Å². The normalized spacial score (nSPS) is 10.3. The van der Waals surface area contributed by atoms with Crippen LogP contribution in [-0.4, -0.2) is 23.3 Å². The van der Waals surface area contributed by atoms with Crippen LogP contribution < -0.4 is 15.4 Å². The zero-order chi connectivity index (χ0) is 22.4. The number of nitrogens with one attached hydrogen (secondary N) is 2. The van der Waals surface area contributed by atoms with Crippen molar-refractivity contribution in [3.8, 4) is 5.75 Å². The number of rotatable bonds is 7. The van der Waals surface area contributed by atoms with Crippen molar-refractivity contribution in [3.05, 3.63) is 94.0 Å². The third-order valence-electron chi connectivity index (χ3n) is 4.04. The molecule has 2 amide bonds. The minimum atomic E-state index is -1.03. The second-order valence-electron chi connectivity index (χ2n) is 6.19. The monoisotopic (exact) mass is 427 g/mol. The molecule has 10 heteroatoms. The van der Waals surface area contributed by atoms with Crippen molar-refractivity contribution in [3.63, 3.8) is 0 Å². The van der Waals surface area contributed by atoms with Gasteiger partial charge in [-0.25, -0.2) is 4.39 Å². The highest BCUT2D eigenvalue weighted by Crippen LogP contribution is 2.24. The van der Waals surface area contributed by atoms with Crippen LogP contribution in [-0.2, 0) is 4.79 Å². The zero-order valence-electron chi connectivity index (χ0n) is 15.8. The zero-order valence-corrected chi connectivity index (χ0v) is 15.8. The molecule has 0 radical (unpaired) electrons. The van der Waals surface area contributed by atoms with E-state index in [1.807, 2.05) is 0 Å². The van der Waals surface area contributed by atoms with E-state index in [4.69, 9.17) is 4.74 Å². The number of carbonyl (C=O) groups is 2. The fourth-order valence-electron chi connectivity index (χ4n) is 2.60. The lowest BCUT2D eigenvalue weighted by atomic mass is 10.1. The number of amides is 2. The second-order valence-corrected chi connectivity index (χ2v) is 6.19. The predicted molar refractivity (Wildman–Crippen MR) is 108 cm³/mol. The van der Waals surface area contributed by atoms with Crippen LogP contribution >= 0.6 is 0 Å². The van der Waals surface area contributed by atoms with Crippen molar-refractivity contribution in [1.82, 2.24) is 0 Å². The van der Waals surface area contributed by atoms with Gasteiger partial charge in [0.15, 0.2) is 6.61 Å². The third-order valence-corrected chi connectivity index (χ3v) is 4.04. The molecule has 0 aromatic heterocycles. The Kier molecular flexibility index (Phi) is 6.51. The SMILES string of the molecule is O=C(COc1ccccc1C(=O)Nc1ccc(F)c([N+](=O)[O-])c1)Nc1ccccc1F. The molecule has 0 aliphatic heterocycles. The average Bonchev–Trinajstić information content (AvgIpc) is 2.75. The summed E-state index contributed by atoms with van der Waals surface area (Å²) in [6.07, 6.45) is 0. The summed E-state index contributed by atoms with van der Waals surface area (Å²) >= 11 is 0. The molecule has 3 aromatic rings. The van der Waals surface area contributed by atoms with Crippen molar-refractivity contribution < 1.29 is 28.0 Å². The van der Waals surface area contributed by atoms with E-state index in [2.05, 4.69) is 10.6 Å². The first kappa shape index (κ1) is 21.4. The van der Waals surface area contributed by atoms with Gasteiger partial charge < -0.3 is 15.4 Å². The fourth-order valence-corrected chi connectivity index (χ4v) is 2.60. The maximum absolute atomic E-state index is 13.6. The highest BCUT2D eigenvalue weighted by molar-refractivity contribution is 6.06. The van der Waals surface area contributed by atoms with Gasteiger partial charge in [0.25, 0.3) is 11.8 Å². The molecule has 0 aliphatic carbocycles. The van der Waals surface area contributed by atoms with E-state index in [-0.39, 0.29) is 22.7 Å². The number of nitro benzene ring substituents is 1. The predicted octanol–water partition coefficient (Wildman–Crippen LogP) is 4.14. The second kappa shape index (κ2) is 9.44. The molecule has 0 aliphatic rings. The van der Waals surface area contributed by atoms with E-state index in [1.165, 1.54) is 36.4 Å². The van der Waals surface area contributed by atoms with Crippen LogP contribution in [0.15, 0.2) is 66.7 Å². The molecule has 0 heterocycles. The summed E-state index contributed by atoms with van der Waals surface area (Å²) in [6.45, 7) is -0.499. The number of nitrogens with zero attached hydrogens (tertiary/aromatic N) is 1. The molecular weight excluding hydrogens is 412 g/mol. The largest absolute Gasteiger partial charge is 0.483 e. The van der Waals surface area contributed by atoms with Gasteiger partial charge in [-0.15, -0.1) is 0 Å². The van der Waals surface area contributed by atoms with Crippen LogP contribution in [0.3, 0.4) is 0 Å². The Bertz CT molecular complexity index is 1150. The lowest BCUT2D eigenvalue weighted by molar-refractivity contribution is -0.387. The molecule has 0 bridgehead atoms. The van der Waals surface area contributed by atoms with Crippen LogP contribution in [0.2, 0.25) is 0 Å². The molecule has 158 valence electrons. The highest BCUT2D eigenvalue weighted by atomic mass is 19.1. The Labute approximate surface area is 174 Å². The summed E-state index contributed by atoms with van der Waals surface area (Å²) in [5.74, 6) is -2.92. The van der Waals surface area contributed by atoms with Crippen molar-refractivity contribution >= 4 is 28.9 Å². The van der Waals surface area contributed by atoms with Crippen LogP contribution in [0.4, 0.5) is 25.8 Å². The van der Waals surface area contributed by atoms with Gasteiger partial charge in [0.1, 0.15) is 11.6 Å². The molecule has 0 fully saturated rings. The van der Waals surface area contributed by atoms with Gasteiger partial charge in [0.2, 0.25) is 5.82 Å². The number of carbonyl (C=O) groups excluding carboxylic acids is 2. The maximum Gasteiger partial charge on any atom is 0.306 e. The van der Waals surface area contributed by atoms with Crippen molar-refractivity contribution in [2.75, 3.05) is 17.2 Å². The minimum absolute atomic E-state index is 0.00481. The van der Waals surface area contributed by atoms with Gasteiger partial charge in [-0.2, -0.15) is 4.39 Å². The smallest absolute Gasteiger partial charge is 0.306 e. The number of nitro groups is 1. The topological polar surface area (TPSA) is 111 Å². The molecule has 0 atom stereocenters. The molecule has 0 saturated heterocycles. The van der Waals surface area contributed by atoms with Gasteiger partial charge in [-0.1, -0.05) is 24.3 Å². The van der Waals surface area contributed by atoms with E-state index in [1.54, 1.807) is 18.2 Å². The van der Waals surface area contributed by atoms with Crippen LogP contribution in [0.5, 0.6) is 5.75 Å². The van der Waals surface area contributed by atoms with Crippen molar-refractivity contribution in [1.29, 1.82) is 0 Å². The Balaban J connectivity index is 1.69. The van der Waals surface area contributed by atoms with Gasteiger partial charge >= 0.3 is 5.69 Å². The summed E-state index contributed by atoms with van der Waals surface area (Å²) in [4.78, 5) is 34.6. The maximum atomic E-state index is 13.6. The van der Waals surface area contributed by atoms with E-state index >= 15 is 0 Å². The Morgan fingerprint density at radius 1 is 0.935 bits per heavy atom. The van der Waals surface area contributed by atoms with Gasteiger partial charge in [-0.05, 0) is 36.4 Å². The first-order valence-electron chi connectivity index (χ1n) is 8.86. The summed E-state index contributed by atoms with van der Waals surface area (Å²) in [6, 6.07) is 14.5. The molecule has 3 aromatic carbocycles. The first-order valence-corrected chi connectivity index (χ1v) is 8.86. The summed E-state index contributed by atoms with van der Waals surface area (Å²) in [5, 5.41) is 15.6. The van der Waals surface area contributed by atoms with E-state index in [0.29, 0.717) is 0 Å². The van der Waals surface area contributed by atoms with E-state index in [0.717, 1.165) is 12.1 Å². The number of halogens is 2. The lowest BCUT2D eigenvalue weighted by Gasteiger charge is -2.12. The minimum Gasteiger partial charge on any atom is -0.483 e. The first-order chi connectivity index (χ1) is 14.8. The molecule has 0 unspecified atom stereocenters. The van der Waals surface area contributed by atoms with Crippen molar-refractivity contribution in [2.45, 2.75) is 0 Å². The lowest BCUT2D eigenvalue weighted by Crippen LogP contribution is -2.22. The quantitative estimate of drug-likeness (QED) is 0.435. The Hall–Kier alpha value is -4.34. The highest BCUT2D eigenvalue weighted by Gasteiger charge is 2.18. The molecule has 3 rings (SSSR count). The molecule has 0 spiro atoms. The van der Waals surface area contributed by atoms with E-state index < -0.39 is 40.7 Å². The van der Waals surface area contributed by atoms with Gasteiger partial charge in [0, 0.05) is 11.8 Å². The Morgan fingerprint density at radius 3 is 2.39 bits per heavy atom. The number of ether oxygens (including phenoxy) is 1. The van der Waals surface area contributed by atoms with Crippen molar-refractivity contribution in [2.24, 2.45) is 0 Å². The molecule has 31 heavy (non-hydrogen) atoms. The standard InChI is InChI=1S/C21H15F2N3O5/c22-15-6-2-3-7-17(15)25-20(27)12-31-19-8-4-1-5-14(19)21(28)24-13-9-10-16(23)18(11-13)26(29)30/h1-11H,12H2,(H,24,28)(H,25,27). The van der Waals surface area contributed by atoms with Crippen LogP contribution in [0.1, 0.15) is 10.4 Å². The summed E-state index contributed by atoms with van der Waals surface area (Å²) < 4.78 is 32.5. The molecule has 8 nitrogen and oxygen atoms in total. The van der Waals surface area contributed by atoms with Gasteiger partial charge in [0.05, 0.1) is 16.2 Å². The number of anilines is 2. The summed E-state index contributed by atoms with van der Waals surface area (Å²) in [5.41, 5.74) is -0.759. The third kappa shape index (κ3) is 5.38. The van der Waals surface area contributed by atoms with Gasteiger partial charge in [-0.3, -0.25) is 19.7 Å². The van der Waals surface area contributed by atoms with E-state index in [9.17, 15) is 28.5 Å². The van der Waals surface area contributed by atoms with Crippen LogP contribution in [0, 0.1) is 21.7 Å². The molecule has 0 saturated carbocycles. The average molecular weight is 427 g/mol. The fraction of sp³-hybridized carbons (Fsp3) is 0.0476. The summed E-state index contributed by atoms with van der Waals surface area (Å²) in [7, 11) is 0. The number of para-hydroxylation sites is 2.